The van der Waals surface area contributed by atoms with Crippen LogP contribution in [0.5, 0.6) is 0 Å². The van der Waals surface area contributed by atoms with Crippen molar-refractivity contribution >= 4 is 27.5 Å². The van der Waals surface area contributed by atoms with E-state index in [2.05, 4.69) is 5.32 Å². The summed E-state index contributed by atoms with van der Waals surface area (Å²) < 4.78 is 42.9. The Morgan fingerprint density at radius 3 is 2.08 bits per heavy atom. The second-order valence-electron chi connectivity index (χ2n) is 8.50. The number of sulfonamides is 1. The molecule has 37 heavy (non-hydrogen) atoms. The molecule has 0 saturated heterocycles. The number of rotatable bonds is 12. The van der Waals surface area contributed by atoms with Crippen LogP contribution in [0.2, 0.25) is 0 Å². The van der Waals surface area contributed by atoms with Crippen molar-refractivity contribution in [2.75, 3.05) is 17.4 Å². The van der Waals surface area contributed by atoms with E-state index in [0.717, 1.165) is 22.4 Å². The van der Waals surface area contributed by atoms with Crippen LogP contribution in [-0.2, 0) is 26.2 Å². The first-order valence-corrected chi connectivity index (χ1v) is 13.7. The number of carbonyl (C=O) groups is 2. The molecule has 9 heteroatoms. The Hall–Kier alpha value is -3.72. The quantitative estimate of drug-likeness (QED) is 0.381. The molecule has 0 fully saturated rings. The highest BCUT2D eigenvalue weighted by Crippen LogP contribution is 2.27. The van der Waals surface area contributed by atoms with Crippen molar-refractivity contribution in [1.82, 2.24) is 10.2 Å². The fraction of sp³-hybridized carbons (Fsp3) is 0.286. The number of benzene rings is 3. The Labute approximate surface area is 218 Å². The van der Waals surface area contributed by atoms with Gasteiger partial charge in [0.2, 0.25) is 11.8 Å². The highest BCUT2D eigenvalue weighted by Gasteiger charge is 2.34. The maximum absolute atomic E-state index is 14.9. The van der Waals surface area contributed by atoms with E-state index in [4.69, 9.17) is 0 Å². The Bertz CT molecular complexity index is 1290. The summed E-state index contributed by atoms with van der Waals surface area (Å²) in [5, 5.41) is 2.83. The van der Waals surface area contributed by atoms with Gasteiger partial charge in [0.25, 0.3) is 10.0 Å². The lowest BCUT2D eigenvalue weighted by Gasteiger charge is -2.33. The molecule has 0 aliphatic rings. The Morgan fingerprint density at radius 1 is 0.892 bits per heavy atom. The average molecular weight is 526 g/mol. The minimum absolute atomic E-state index is 0.0756. The number of hydrogen-bond donors (Lipinski definition) is 1. The van der Waals surface area contributed by atoms with Crippen molar-refractivity contribution in [2.24, 2.45) is 0 Å². The standard InChI is InChI=1S/C28H32FN3O4S/c1-3-19-30-28(34)25(4-2)31(20-22-13-7-5-8-14-22)27(33)21-32(26-18-12-11-17-24(26)29)37(35,36)23-15-9-6-10-16-23/h5-18,25H,3-4,19-21H2,1-2H3,(H,30,34)/t25-/m1/s1. The average Bonchev–Trinajstić information content (AvgIpc) is 2.91. The minimum Gasteiger partial charge on any atom is -0.354 e. The fourth-order valence-electron chi connectivity index (χ4n) is 3.95. The number of hydrogen-bond acceptors (Lipinski definition) is 4. The van der Waals surface area contributed by atoms with Crippen molar-refractivity contribution < 1.29 is 22.4 Å². The molecule has 196 valence electrons. The summed E-state index contributed by atoms with van der Waals surface area (Å²) in [6.45, 7) is 3.58. The molecular formula is C28H32FN3O4S. The van der Waals surface area contributed by atoms with E-state index < -0.39 is 34.3 Å². The van der Waals surface area contributed by atoms with E-state index in [0.29, 0.717) is 13.0 Å². The molecule has 0 spiro atoms. The van der Waals surface area contributed by atoms with Crippen molar-refractivity contribution in [3.63, 3.8) is 0 Å². The summed E-state index contributed by atoms with van der Waals surface area (Å²) in [6, 6.07) is 21.3. The Balaban J connectivity index is 2.04. The van der Waals surface area contributed by atoms with Crippen LogP contribution < -0.4 is 9.62 Å². The number of anilines is 1. The molecule has 0 aliphatic heterocycles. The largest absolute Gasteiger partial charge is 0.354 e. The molecular weight excluding hydrogens is 493 g/mol. The van der Waals surface area contributed by atoms with Gasteiger partial charge in [0.05, 0.1) is 10.6 Å². The van der Waals surface area contributed by atoms with Gasteiger partial charge in [-0.2, -0.15) is 0 Å². The molecule has 0 radical (unpaired) electrons. The van der Waals surface area contributed by atoms with E-state index in [1.807, 2.05) is 37.3 Å². The van der Waals surface area contributed by atoms with Gasteiger partial charge in [0.15, 0.2) is 0 Å². The van der Waals surface area contributed by atoms with Crippen LogP contribution in [0.3, 0.4) is 0 Å². The highest BCUT2D eigenvalue weighted by atomic mass is 32.2. The highest BCUT2D eigenvalue weighted by molar-refractivity contribution is 7.92. The molecule has 1 atom stereocenters. The minimum atomic E-state index is -4.30. The lowest BCUT2D eigenvalue weighted by Crippen LogP contribution is -2.52. The maximum atomic E-state index is 14.9. The molecule has 7 nitrogen and oxygen atoms in total. The Morgan fingerprint density at radius 2 is 1.49 bits per heavy atom. The summed E-state index contributed by atoms with van der Waals surface area (Å²) >= 11 is 0. The molecule has 0 heterocycles. The molecule has 0 aliphatic carbocycles. The molecule has 0 unspecified atom stereocenters. The van der Waals surface area contributed by atoms with Gasteiger partial charge in [-0.25, -0.2) is 12.8 Å². The third kappa shape index (κ3) is 6.95. The summed E-state index contributed by atoms with van der Waals surface area (Å²) in [5.74, 6) is -1.72. The molecule has 2 amide bonds. The third-order valence-electron chi connectivity index (χ3n) is 5.86. The van der Waals surface area contributed by atoms with Crippen LogP contribution in [0.15, 0.2) is 89.8 Å². The number of amides is 2. The zero-order valence-electron chi connectivity index (χ0n) is 21.0. The number of halogens is 1. The Kier molecular flexibility index (Phi) is 9.79. The predicted octanol–water partition coefficient (Wildman–Crippen LogP) is 4.35. The summed E-state index contributed by atoms with van der Waals surface area (Å²) in [6.07, 6.45) is 1.05. The van der Waals surface area contributed by atoms with Gasteiger partial charge in [-0.15, -0.1) is 0 Å². The summed E-state index contributed by atoms with van der Waals surface area (Å²) in [7, 11) is -4.30. The van der Waals surface area contributed by atoms with Gasteiger partial charge in [-0.1, -0.05) is 74.5 Å². The first-order chi connectivity index (χ1) is 17.8. The van der Waals surface area contributed by atoms with Gasteiger partial charge in [0.1, 0.15) is 18.4 Å². The maximum Gasteiger partial charge on any atom is 0.264 e. The molecule has 1 N–H and O–H groups in total. The molecule has 3 rings (SSSR count). The molecule has 0 aromatic heterocycles. The van der Waals surface area contributed by atoms with Crippen molar-refractivity contribution in [3.05, 3.63) is 96.3 Å². The van der Waals surface area contributed by atoms with Crippen LogP contribution in [0.1, 0.15) is 32.3 Å². The van der Waals surface area contributed by atoms with E-state index in [1.54, 1.807) is 25.1 Å². The third-order valence-corrected chi connectivity index (χ3v) is 7.64. The smallest absolute Gasteiger partial charge is 0.264 e. The number of nitrogens with zero attached hydrogens (tertiary/aromatic N) is 2. The molecule has 0 bridgehead atoms. The number of nitrogens with one attached hydrogen (secondary N) is 1. The molecule has 0 saturated carbocycles. The predicted molar refractivity (Wildman–Crippen MR) is 142 cm³/mol. The van der Waals surface area contributed by atoms with E-state index in [-0.39, 0.29) is 23.0 Å². The van der Waals surface area contributed by atoms with Gasteiger partial charge < -0.3 is 10.2 Å². The zero-order chi connectivity index (χ0) is 26.8. The van der Waals surface area contributed by atoms with E-state index in [1.165, 1.54) is 35.2 Å². The van der Waals surface area contributed by atoms with Crippen LogP contribution in [0.25, 0.3) is 0 Å². The molecule has 3 aromatic carbocycles. The molecule has 3 aromatic rings. The van der Waals surface area contributed by atoms with E-state index in [9.17, 15) is 22.4 Å². The van der Waals surface area contributed by atoms with Crippen LogP contribution in [0.4, 0.5) is 10.1 Å². The normalized spacial score (nSPS) is 12.0. The SMILES string of the molecule is CCCNC(=O)[C@@H](CC)N(Cc1ccccc1)C(=O)CN(c1ccccc1F)S(=O)(=O)c1ccccc1. The van der Waals surface area contributed by atoms with Crippen molar-refractivity contribution in [2.45, 2.75) is 44.2 Å². The first-order valence-electron chi connectivity index (χ1n) is 12.2. The van der Waals surface area contributed by atoms with Gasteiger partial charge in [-0.3, -0.25) is 13.9 Å². The summed E-state index contributed by atoms with van der Waals surface area (Å²) in [4.78, 5) is 28.1. The van der Waals surface area contributed by atoms with Crippen LogP contribution in [0, 0.1) is 5.82 Å². The lowest BCUT2D eigenvalue weighted by molar-refractivity contribution is -0.140. The van der Waals surface area contributed by atoms with Gasteiger partial charge >= 0.3 is 0 Å². The number of para-hydroxylation sites is 1. The lowest BCUT2D eigenvalue weighted by atomic mass is 10.1. The second-order valence-corrected chi connectivity index (χ2v) is 10.4. The number of carbonyl (C=O) groups excluding carboxylic acids is 2. The topological polar surface area (TPSA) is 86.8 Å². The van der Waals surface area contributed by atoms with Crippen LogP contribution in [-0.4, -0.2) is 44.3 Å². The zero-order valence-corrected chi connectivity index (χ0v) is 21.8. The monoisotopic (exact) mass is 525 g/mol. The summed E-state index contributed by atoms with van der Waals surface area (Å²) in [5.41, 5.74) is 0.531. The van der Waals surface area contributed by atoms with Crippen molar-refractivity contribution in [1.29, 1.82) is 0 Å². The second kappa shape index (κ2) is 13.0. The van der Waals surface area contributed by atoms with Crippen LogP contribution >= 0.6 is 0 Å². The van der Waals surface area contributed by atoms with E-state index >= 15 is 0 Å². The fourth-order valence-corrected chi connectivity index (χ4v) is 5.40. The first kappa shape index (κ1) is 27.9. The van der Waals surface area contributed by atoms with Gasteiger partial charge in [0, 0.05) is 13.1 Å². The van der Waals surface area contributed by atoms with Gasteiger partial charge in [-0.05, 0) is 42.7 Å². The van der Waals surface area contributed by atoms with Crippen molar-refractivity contribution in [3.8, 4) is 0 Å².